The number of pyridine rings is 1. The number of nitrogens with zero attached hydrogens (tertiary/aromatic N) is 2. The van der Waals surface area contributed by atoms with Crippen LogP contribution in [-0.2, 0) is 27.7 Å². The van der Waals surface area contributed by atoms with Gasteiger partial charge < -0.3 is 19.9 Å². The van der Waals surface area contributed by atoms with Gasteiger partial charge in [-0.1, -0.05) is 56.3 Å². The van der Waals surface area contributed by atoms with Crippen molar-refractivity contribution < 1.29 is 27.8 Å². The van der Waals surface area contributed by atoms with Crippen LogP contribution in [0.1, 0.15) is 25.0 Å². The van der Waals surface area contributed by atoms with E-state index in [1.807, 2.05) is 50.2 Å². The highest BCUT2D eigenvalue weighted by Crippen LogP contribution is 2.20. The number of rotatable bonds is 14. The second-order valence-corrected chi connectivity index (χ2v) is 11.6. The summed E-state index contributed by atoms with van der Waals surface area (Å²) in [7, 11) is -0.967. The van der Waals surface area contributed by atoms with Crippen LogP contribution in [-0.4, -0.2) is 68.2 Å². The molecule has 3 aromatic rings. The second kappa shape index (κ2) is 14.1. The molecule has 39 heavy (non-hydrogen) atoms. The van der Waals surface area contributed by atoms with Crippen LogP contribution in [0.25, 0.3) is 0 Å². The van der Waals surface area contributed by atoms with Crippen molar-refractivity contribution in [1.29, 1.82) is 0 Å². The number of nitrogens with one attached hydrogen (secondary N) is 1. The van der Waals surface area contributed by atoms with Crippen molar-refractivity contribution in [2.24, 2.45) is 5.92 Å². The Labute approximate surface area is 230 Å². The summed E-state index contributed by atoms with van der Waals surface area (Å²) in [6.45, 7) is 3.78. The van der Waals surface area contributed by atoms with E-state index in [1.165, 1.54) is 29.7 Å². The smallest absolute Gasteiger partial charge is 0.244 e. The third kappa shape index (κ3) is 8.77. The average molecular weight is 556 g/mol. The Morgan fingerprint density at radius 1 is 0.974 bits per heavy atom. The average Bonchev–Trinajstić information content (AvgIpc) is 2.92. The predicted molar refractivity (Wildman–Crippen MR) is 149 cm³/mol. The summed E-state index contributed by atoms with van der Waals surface area (Å²) in [5.74, 6) is 0.643. The van der Waals surface area contributed by atoms with E-state index in [1.54, 1.807) is 25.3 Å². The first-order valence-corrected chi connectivity index (χ1v) is 14.2. The number of benzene rings is 2. The first-order chi connectivity index (χ1) is 18.6. The van der Waals surface area contributed by atoms with Gasteiger partial charge in [0.2, 0.25) is 21.8 Å². The van der Waals surface area contributed by atoms with Crippen LogP contribution in [0.5, 0.6) is 11.6 Å². The Balaban J connectivity index is 1.83. The SMILES string of the molecule is COc1cccc(CC(=O)N[C@@H](Cc2ccccc2)[C@H](O)CN(CC(C)C)S(=O)(=O)c2ccc(OC)nc2)c1. The quantitative estimate of drug-likeness (QED) is 0.314. The van der Waals surface area contributed by atoms with Gasteiger partial charge in [0.1, 0.15) is 10.6 Å². The van der Waals surface area contributed by atoms with Gasteiger partial charge in [-0.15, -0.1) is 0 Å². The Hall–Kier alpha value is -3.47. The van der Waals surface area contributed by atoms with Crippen LogP contribution >= 0.6 is 0 Å². The maximum absolute atomic E-state index is 13.5. The van der Waals surface area contributed by atoms with Gasteiger partial charge in [0.05, 0.1) is 39.0 Å². The third-order valence-electron chi connectivity index (χ3n) is 6.12. The number of carbonyl (C=O) groups excluding carboxylic acids is 1. The monoisotopic (exact) mass is 555 g/mol. The first kappa shape index (κ1) is 30.1. The number of aliphatic hydroxyl groups is 1. The number of aliphatic hydroxyl groups excluding tert-OH is 1. The maximum atomic E-state index is 13.5. The van der Waals surface area contributed by atoms with Crippen molar-refractivity contribution in [3.8, 4) is 11.6 Å². The number of aromatic nitrogens is 1. The van der Waals surface area contributed by atoms with Crippen molar-refractivity contribution in [3.05, 3.63) is 84.1 Å². The Morgan fingerprint density at radius 3 is 2.31 bits per heavy atom. The van der Waals surface area contributed by atoms with E-state index in [0.717, 1.165) is 11.1 Å². The Bertz CT molecular complexity index is 1300. The molecule has 1 heterocycles. The summed E-state index contributed by atoms with van der Waals surface area (Å²) in [5.41, 5.74) is 1.66. The number of carbonyl (C=O) groups is 1. The zero-order chi connectivity index (χ0) is 28.4. The van der Waals surface area contributed by atoms with Crippen molar-refractivity contribution in [1.82, 2.24) is 14.6 Å². The molecule has 0 radical (unpaired) electrons. The predicted octanol–water partition coefficient (Wildman–Crippen LogP) is 3.08. The van der Waals surface area contributed by atoms with E-state index in [0.29, 0.717) is 18.1 Å². The highest BCUT2D eigenvalue weighted by molar-refractivity contribution is 7.89. The Morgan fingerprint density at radius 2 is 1.69 bits per heavy atom. The van der Waals surface area contributed by atoms with Gasteiger partial charge in [-0.05, 0) is 41.7 Å². The van der Waals surface area contributed by atoms with Gasteiger partial charge in [-0.3, -0.25) is 4.79 Å². The molecule has 10 heteroatoms. The highest BCUT2D eigenvalue weighted by atomic mass is 32.2. The minimum absolute atomic E-state index is 0.00202. The molecule has 1 amide bonds. The number of hydrogen-bond acceptors (Lipinski definition) is 7. The van der Waals surface area contributed by atoms with E-state index < -0.39 is 22.2 Å². The molecule has 2 atom stereocenters. The van der Waals surface area contributed by atoms with Crippen molar-refractivity contribution in [2.75, 3.05) is 27.3 Å². The molecule has 2 aromatic carbocycles. The van der Waals surface area contributed by atoms with E-state index in [-0.39, 0.29) is 36.2 Å². The molecule has 0 spiro atoms. The molecule has 0 bridgehead atoms. The van der Waals surface area contributed by atoms with E-state index in [9.17, 15) is 18.3 Å². The largest absolute Gasteiger partial charge is 0.497 e. The van der Waals surface area contributed by atoms with Crippen LogP contribution in [0.4, 0.5) is 0 Å². The summed E-state index contributed by atoms with van der Waals surface area (Å²) < 4.78 is 38.6. The second-order valence-electron chi connectivity index (χ2n) is 9.71. The molecule has 1 aromatic heterocycles. The third-order valence-corrected chi connectivity index (χ3v) is 7.94. The van der Waals surface area contributed by atoms with Gasteiger partial charge in [-0.2, -0.15) is 4.31 Å². The minimum atomic E-state index is -3.98. The zero-order valence-electron chi connectivity index (χ0n) is 22.8. The number of sulfonamides is 1. The van der Waals surface area contributed by atoms with Crippen molar-refractivity contribution in [2.45, 2.75) is 43.7 Å². The number of hydrogen-bond donors (Lipinski definition) is 2. The Kier molecular flexibility index (Phi) is 10.8. The first-order valence-electron chi connectivity index (χ1n) is 12.8. The fourth-order valence-corrected chi connectivity index (χ4v) is 5.75. The fraction of sp³-hybridized carbons (Fsp3) is 0.379. The summed E-state index contributed by atoms with van der Waals surface area (Å²) in [4.78, 5) is 17.1. The van der Waals surface area contributed by atoms with Crippen LogP contribution in [0.2, 0.25) is 0 Å². The fourth-order valence-electron chi connectivity index (χ4n) is 4.18. The molecular formula is C29H37N3O6S. The zero-order valence-corrected chi connectivity index (χ0v) is 23.6. The maximum Gasteiger partial charge on any atom is 0.244 e. The van der Waals surface area contributed by atoms with E-state index in [2.05, 4.69) is 10.3 Å². The molecule has 0 aliphatic carbocycles. The van der Waals surface area contributed by atoms with Gasteiger partial charge in [0, 0.05) is 19.2 Å². The number of amides is 1. The highest BCUT2D eigenvalue weighted by Gasteiger charge is 2.31. The standard InChI is InChI=1S/C29H37N3O6S/c1-21(2)19-32(39(35,36)25-13-14-29(38-4)30-18-25)20-27(33)26(16-22-9-6-5-7-10-22)31-28(34)17-23-11-8-12-24(15-23)37-3/h5-15,18,21,26-27,33H,16-17,19-20H2,1-4H3,(H,31,34)/t26-,27+/m0/s1. The summed E-state index contributed by atoms with van der Waals surface area (Å²) in [5, 5.41) is 14.3. The summed E-state index contributed by atoms with van der Waals surface area (Å²) in [6, 6.07) is 18.8. The van der Waals surface area contributed by atoms with Gasteiger partial charge in [-0.25, -0.2) is 13.4 Å². The molecular weight excluding hydrogens is 518 g/mol. The number of methoxy groups -OCH3 is 2. The lowest BCUT2D eigenvalue weighted by Crippen LogP contribution is -2.51. The topological polar surface area (TPSA) is 118 Å². The molecule has 9 nitrogen and oxygen atoms in total. The lowest BCUT2D eigenvalue weighted by molar-refractivity contribution is -0.122. The van der Waals surface area contributed by atoms with Crippen molar-refractivity contribution >= 4 is 15.9 Å². The van der Waals surface area contributed by atoms with Crippen LogP contribution < -0.4 is 14.8 Å². The molecule has 0 aliphatic heterocycles. The molecule has 0 saturated heterocycles. The molecule has 2 N–H and O–H groups in total. The number of ether oxygens (including phenoxy) is 2. The molecule has 3 rings (SSSR count). The normalized spacial score (nSPS) is 13.2. The molecule has 210 valence electrons. The minimum Gasteiger partial charge on any atom is -0.497 e. The van der Waals surface area contributed by atoms with Crippen LogP contribution in [0.15, 0.2) is 77.8 Å². The molecule has 0 aliphatic rings. The lowest BCUT2D eigenvalue weighted by atomic mass is 10.00. The van der Waals surface area contributed by atoms with E-state index >= 15 is 0 Å². The van der Waals surface area contributed by atoms with Crippen LogP contribution in [0.3, 0.4) is 0 Å². The lowest BCUT2D eigenvalue weighted by Gasteiger charge is -2.30. The summed E-state index contributed by atoms with van der Waals surface area (Å²) >= 11 is 0. The van der Waals surface area contributed by atoms with Gasteiger partial charge >= 0.3 is 0 Å². The summed E-state index contributed by atoms with van der Waals surface area (Å²) in [6.07, 6.45) is 0.469. The van der Waals surface area contributed by atoms with Gasteiger partial charge in [0.25, 0.3) is 0 Å². The van der Waals surface area contributed by atoms with Crippen LogP contribution in [0, 0.1) is 5.92 Å². The molecule has 0 saturated carbocycles. The molecule has 0 unspecified atom stereocenters. The van der Waals surface area contributed by atoms with Crippen molar-refractivity contribution in [3.63, 3.8) is 0 Å². The van der Waals surface area contributed by atoms with E-state index in [4.69, 9.17) is 9.47 Å². The van der Waals surface area contributed by atoms with Gasteiger partial charge in [0.15, 0.2) is 0 Å². The molecule has 0 fully saturated rings.